The van der Waals surface area contributed by atoms with Gasteiger partial charge in [0.1, 0.15) is 0 Å². The lowest BCUT2D eigenvalue weighted by Gasteiger charge is -2.09. The number of benzene rings is 1. The molecule has 1 aromatic rings. The molecule has 0 saturated carbocycles. The van der Waals surface area contributed by atoms with E-state index in [0.717, 1.165) is 5.56 Å². The Kier molecular flexibility index (Phi) is 8.57. The highest BCUT2D eigenvalue weighted by atomic mass is 32.1. The molecule has 8 nitrogen and oxygen atoms in total. The highest BCUT2D eigenvalue weighted by Crippen LogP contribution is 2.24. The number of hydrogen-bond donors (Lipinski definition) is 6. The Balaban J connectivity index is 2.40. The van der Waals surface area contributed by atoms with Gasteiger partial charge in [-0.3, -0.25) is 10.9 Å². The SMILES string of the molecule is CNC(=S)N/N=C(C)/C(C)=N\NC(=S)NCCc1ccc(O)c(O)c1. The minimum absolute atomic E-state index is 0.138. The number of nitrogens with one attached hydrogen (secondary N) is 4. The van der Waals surface area contributed by atoms with Crippen LogP contribution in [-0.4, -0.2) is 45.5 Å². The molecule has 0 amide bonds. The van der Waals surface area contributed by atoms with Crippen molar-refractivity contribution in [2.45, 2.75) is 20.3 Å². The van der Waals surface area contributed by atoms with Crippen LogP contribution in [0.4, 0.5) is 0 Å². The molecule has 1 rings (SSSR count). The van der Waals surface area contributed by atoms with Crippen molar-refractivity contribution in [3.8, 4) is 11.5 Å². The molecule has 0 heterocycles. The van der Waals surface area contributed by atoms with Crippen LogP contribution in [0.3, 0.4) is 0 Å². The third-order valence-electron chi connectivity index (χ3n) is 3.14. The maximum absolute atomic E-state index is 9.45. The molecule has 0 atom stereocenters. The van der Waals surface area contributed by atoms with Crippen molar-refractivity contribution in [1.29, 1.82) is 0 Å². The van der Waals surface area contributed by atoms with E-state index in [4.69, 9.17) is 24.4 Å². The van der Waals surface area contributed by atoms with Crippen molar-refractivity contribution in [3.05, 3.63) is 23.8 Å². The van der Waals surface area contributed by atoms with E-state index in [-0.39, 0.29) is 11.5 Å². The summed E-state index contributed by atoms with van der Waals surface area (Å²) in [4.78, 5) is 0. The second-order valence-corrected chi connectivity index (χ2v) is 5.84. The highest BCUT2D eigenvalue weighted by molar-refractivity contribution is 7.80. The number of thiocarbonyl (C=S) groups is 2. The van der Waals surface area contributed by atoms with E-state index in [2.05, 4.69) is 31.7 Å². The Labute approximate surface area is 157 Å². The van der Waals surface area contributed by atoms with E-state index < -0.39 is 0 Å². The van der Waals surface area contributed by atoms with Gasteiger partial charge in [-0.1, -0.05) is 6.07 Å². The summed E-state index contributed by atoms with van der Waals surface area (Å²) < 4.78 is 0. The van der Waals surface area contributed by atoms with Crippen molar-refractivity contribution in [3.63, 3.8) is 0 Å². The molecule has 0 aliphatic heterocycles. The fourth-order valence-corrected chi connectivity index (χ4v) is 1.76. The molecular weight excluding hydrogens is 360 g/mol. The largest absolute Gasteiger partial charge is 0.504 e. The first kappa shape index (κ1) is 20.6. The lowest BCUT2D eigenvalue weighted by atomic mass is 10.1. The summed E-state index contributed by atoms with van der Waals surface area (Å²) in [6.45, 7) is 4.13. The van der Waals surface area contributed by atoms with Crippen LogP contribution in [0.5, 0.6) is 11.5 Å². The van der Waals surface area contributed by atoms with Crippen LogP contribution in [0.1, 0.15) is 19.4 Å². The van der Waals surface area contributed by atoms with Gasteiger partial charge in [-0.05, 0) is 62.4 Å². The number of phenols is 2. The molecule has 6 N–H and O–H groups in total. The number of rotatable bonds is 6. The zero-order chi connectivity index (χ0) is 18.8. The van der Waals surface area contributed by atoms with Crippen LogP contribution in [0.25, 0.3) is 0 Å². The summed E-state index contributed by atoms with van der Waals surface area (Å²) in [6, 6.07) is 4.70. The fourth-order valence-electron chi connectivity index (χ4n) is 1.57. The van der Waals surface area contributed by atoms with Crippen LogP contribution in [-0.2, 0) is 6.42 Å². The minimum atomic E-state index is -0.139. The normalized spacial score (nSPS) is 11.6. The van der Waals surface area contributed by atoms with Gasteiger partial charge in [0.25, 0.3) is 0 Å². The topological polar surface area (TPSA) is 113 Å². The molecule has 0 radical (unpaired) electrons. The zero-order valence-corrected chi connectivity index (χ0v) is 15.9. The third-order valence-corrected chi connectivity index (χ3v) is 3.67. The molecule has 0 bridgehead atoms. The zero-order valence-electron chi connectivity index (χ0n) is 14.3. The van der Waals surface area contributed by atoms with Crippen LogP contribution in [0, 0.1) is 0 Å². The molecule has 0 unspecified atom stereocenters. The predicted octanol–water partition coefficient (Wildman–Crippen LogP) is 0.950. The van der Waals surface area contributed by atoms with Crippen molar-refractivity contribution < 1.29 is 10.2 Å². The predicted molar refractivity (Wildman–Crippen MR) is 108 cm³/mol. The molecule has 0 fully saturated rings. The van der Waals surface area contributed by atoms with Gasteiger partial charge in [0.2, 0.25) is 0 Å². The molecule has 25 heavy (non-hydrogen) atoms. The van der Waals surface area contributed by atoms with Gasteiger partial charge in [0, 0.05) is 13.6 Å². The number of nitrogens with zero attached hydrogens (tertiary/aromatic N) is 2. The summed E-state index contributed by atoms with van der Waals surface area (Å²) in [5.74, 6) is -0.278. The smallest absolute Gasteiger partial charge is 0.186 e. The van der Waals surface area contributed by atoms with Gasteiger partial charge < -0.3 is 20.8 Å². The summed E-state index contributed by atoms with van der Waals surface area (Å²) >= 11 is 10.1. The monoisotopic (exact) mass is 382 g/mol. The molecule has 136 valence electrons. The Morgan fingerprint density at radius 2 is 1.60 bits per heavy atom. The fraction of sp³-hybridized carbons (Fsp3) is 0.333. The standard InChI is InChI=1S/C15H22N6O2S2/c1-9(18-20-14(24)16-3)10(2)19-21-15(25)17-7-6-11-4-5-12(22)13(23)8-11/h4-5,8,22-23H,6-7H2,1-3H3,(H2,16,20,24)(H2,17,21,25)/b18-9+,19-10-. The molecule has 0 aromatic heterocycles. The van der Waals surface area contributed by atoms with Crippen LogP contribution in [0.15, 0.2) is 28.4 Å². The van der Waals surface area contributed by atoms with Crippen LogP contribution < -0.4 is 21.5 Å². The van der Waals surface area contributed by atoms with E-state index in [1.165, 1.54) is 12.1 Å². The van der Waals surface area contributed by atoms with Crippen molar-refractivity contribution in [2.24, 2.45) is 10.2 Å². The number of phenolic OH excluding ortho intramolecular Hbond substituents is 2. The van der Waals surface area contributed by atoms with Gasteiger partial charge in [0.05, 0.1) is 11.4 Å². The second-order valence-electron chi connectivity index (χ2n) is 5.03. The third kappa shape index (κ3) is 7.77. The molecular formula is C15H22N6O2S2. The minimum Gasteiger partial charge on any atom is -0.504 e. The maximum Gasteiger partial charge on any atom is 0.186 e. The van der Waals surface area contributed by atoms with Gasteiger partial charge in [-0.25, -0.2) is 0 Å². The Hall–Kier alpha value is -2.46. The van der Waals surface area contributed by atoms with Crippen LogP contribution >= 0.6 is 24.4 Å². The Morgan fingerprint density at radius 3 is 2.16 bits per heavy atom. The number of hydrogen-bond acceptors (Lipinski definition) is 6. The molecule has 0 aliphatic rings. The summed E-state index contributed by atoms with van der Waals surface area (Å²) in [5.41, 5.74) is 7.59. The van der Waals surface area contributed by atoms with E-state index in [1.807, 2.05) is 0 Å². The molecule has 1 aromatic carbocycles. The molecule has 0 spiro atoms. The molecule has 10 heteroatoms. The second kappa shape index (κ2) is 10.4. The maximum atomic E-state index is 9.45. The lowest BCUT2D eigenvalue weighted by Crippen LogP contribution is -2.34. The molecule has 0 aliphatic carbocycles. The number of aromatic hydroxyl groups is 2. The van der Waals surface area contributed by atoms with Crippen molar-refractivity contribution in [2.75, 3.05) is 13.6 Å². The van der Waals surface area contributed by atoms with Crippen LogP contribution in [0.2, 0.25) is 0 Å². The van der Waals surface area contributed by atoms with Crippen molar-refractivity contribution in [1.82, 2.24) is 21.5 Å². The first-order valence-corrected chi connectivity index (χ1v) is 8.26. The lowest BCUT2D eigenvalue weighted by molar-refractivity contribution is 0.403. The quantitative estimate of drug-likeness (QED) is 0.187. The highest BCUT2D eigenvalue weighted by Gasteiger charge is 2.02. The summed E-state index contributed by atoms with van der Waals surface area (Å²) in [7, 11) is 1.70. The van der Waals surface area contributed by atoms with Gasteiger partial charge in [-0.15, -0.1) is 0 Å². The Morgan fingerprint density at radius 1 is 1.00 bits per heavy atom. The van der Waals surface area contributed by atoms with E-state index in [9.17, 15) is 10.2 Å². The van der Waals surface area contributed by atoms with Gasteiger partial charge >= 0.3 is 0 Å². The average Bonchev–Trinajstić information content (AvgIpc) is 2.60. The number of hydrazone groups is 2. The van der Waals surface area contributed by atoms with Crippen molar-refractivity contribution >= 4 is 46.1 Å². The van der Waals surface area contributed by atoms with E-state index in [1.54, 1.807) is 27.0 Å². The first-order chi connectivity index (χ1) is 11.8. The summed E-state index contributed by atoms with van der Waals surface area (Å²) in [6.07, 6.45) is 0.629. The Bertz CT molecular complexity index is 691. The van der Waals surface area contributed by atoms with E-state index in [0.29, 0.717) is 34.6 Å². The molecule has 0 saturated heterocycles. The van der Waals surface area contributed by atoms with Gasteiger partial charge in [-0.2, -0.15) is 10.2 Å². The van der Waals surface area contributed by atoms with E-state index >= 15 is 0 Å². The average molecular weight is 383 g/mol. The summed E-state index contributed by atoms with van der Waals surface area (Å²) in [5, 5.41) is 33.5. The van der Waals surface area contributed by atoms with Gasteiger partial charge in [0.15, 0.2) is 21.7 Å². The first-order valence-electron chi connectivity index (χ1n) is 7.45.